The molecule has 0 saturated carbocycles. The van der Waals surface area contributed by atoms with E-state index in [0.29, 0.717) is 22.9 Å². The van der Waals surface area contributed by atoms with Gasteiger partial charge in [0.05, 0.1) is 23.8 Å². The molecule has 19 heavy (non-hydrogen) atoms. The van der Waals surface area contributed by atoms with Gasteiger partial charge in [-0.15, -0.1) is 0 Å². The van der Waals surface area contributed by atoms with Gasteiger partial charge >= 0.3 is 0 Å². The molecule has 0 aliphatic rings. The van der Waals surface area contributed by atoms with Crippen LogP contribution >= 0.6 is 11.6 Å². The standard InChI is InChI=1S/C15H12ClNO2/c1-18-13-4-2-3-12(7-13)10-19-15-6-5-11(9-17)8-14(15)16/h2-8H,10H2,1H3. The third kappa shape index (κ3) is 3.40. The molecule has 2 rings (SSSR count). The van der Waals surface area contributed by atoms with E-state index in [-0.39, 0.29) is 0 Å². The van der Waals surface area contributed by atoms with Crippen molar-refractivity contribution in [2.24, 2.45) is 0 Å². The van der Waals surface area contributed by atoms with E-state index in [1.54, 1.807) is 25.3 Å². The summed E-state index contributed by atoms with van der Waals surface area (Å²) in [6.45, 7) is 0.392. The van der Waals surface area contributed by atoms with E-state index in [1.165, 1.54) is 0 Å². The van der Waals surface area contributed by atoms with E-state index in [2.05, 4.69) is 0 Å². The second-order valence-electron chi connectivity index (χ2n) is 3.90. The first-order valence-electron chi connectivity index (χ1n) is 5.68. The summed E-state index contributed by atoms with van der Waals surface area (Å²) in [5.41, 5.74) is 1.50. The molecule has 0 saturated heterocycles. The Labute approximate surface area is 117 Å². The Morgan fingerprint density at radius 1 is 1.21 bits per heavy atom. The van der Waals surface area contributed by atoms with Gasteiger partial charge in [0.2, 0.25) is 0 Å². The molecule has 0 aliphatic heterocycles. The van der Waals surface area contributed by atoms with Crippen molar-refractivity contribution in [3.63, 3.8) is 0 Å². The third-order valence-electron chi connectivity index (χ3n) is 2.59. The van der Waals surface area contributed by atoms with E-state index >= 15 is 0 Å². The van der Waals surface area contributed by atoms with Crippen LogP contribution in [0.5, 0.6) is 11.5 Å². The van der Waals surface area contributed by atoms with E-state index in [1.807, 2.05) is 30.3 Å². The average Bonchev–Trinajstić information content (AvgIpc) is 2.46. The third-order valence-corrected chi connectivity index (χ3v) is 2.88. The van der Waals surface area contributed by atoms with Crippen molar-refractivity contribution < 1.29 is 9.47 Å². The maximum Gasteiger partial charge on any atom is 0.138 e. The van der Waals surface area contributed by atoms with Crippen LogP contribution in [-0.2, 0) is 6.61 Å². The monoisotopic (exact) mass is 273 g/mol. The summed E-state index contributed by atoms with van der Waals surface area (Å²) in [7, 11) is 1.62. The second kappa shape index (κ2) is 6.12. The molecular formula is C15H12ClNO2. The molecule has 2 aromatic carbocycles. The number of benzene rings is 2. The van der Waals surface area contributed by atoms with Gasteiger partial charge in [0.25, 0.3) is 0 Å². The lowest BCUT2D eigenvalue weighted by molar-refractivity contribution is 0.305. The van der Waals surface area contributed by atoms with Gasteiger partial charge in [0.15, 0.2) is 0 Å². The lowest BCUT2D eigenvalue weighted by Crippen LogP contribution is -1.96. The number of halogens is 1. The summed E-state index contributed by atoms with van der Waals surface area (Å²) < 4.78 is 10.8. The summed E-state index contributed by atoms with van der Waals surface area (Å²) >= 11 is 6.03. The maximum atomic E-state index is 8.76. The molecule has 4 heteroatoms. The number of hydrogen-bond donors (Lipinski definition) is 0. The molecule has 0 bridgehead atoms. The second-order valence-corrected chi connectivity index (χ2v) is 4.30. The Morgan fingerprint density at radius 2 is 2.05 bits per heavy atom. The van der Waals surface area contributed by atoms with Gasteiger partial charge in [-0.05, 0) is 35.9 Å². The predicted molar refractivity (Wildman–Crippen MR) is 73.5 cm³/mol. The summed E-state index contributed by atoms with van der Waals surface area (Å²) in [5, 5.41) is 9.19. The largest absolute Gasteiger partial charge is 0.497 e. The van der Waals surface area contributed by atoms with Gasteiger partial charge in [-0.2, -0.15) is 5.26 Å². The van der Waals surface area contributed by atoms with Gasteiger partial charge in [-0.25, -0.2) is 0 Å². The minimum Gasteiger partial charge on any atom is -0.497 e. The first kappa shape index (κ1) is 13.3. The molecule has 0 unspecified atom stereocenters. The highest BCUT2D eigenvalue weighted by Gasteiger charge is 2.04. The maximum absolute atomic E-state index is 8.76. The fourth-order valence-electron chi connectivity index (χ4n) is 1.61. The van der Waals surface area contributed by atoms with Crippen LogP contribution in [0.4, 0.5) is 0 Å². The molecule has 0 N–H and O–H groups in total. The molecule has 0 heterocycles. The summed E-state index contributed by atoms with van der Waals surface area (Å²) in [5.74, 6) is 1.34. The van der Waals surface area contributed by atoms with Crippen LogP contribution < -0.4 is 9.47 Å². The van der Waals surface area contributed by atoms with Crippen molar-refractivity contribution in [3.8, 4) is 17.6 Å². The molecule has 0 radical (unpaired) electrons. The van der Waals surface area contributed by atoms with Crippen LogP contribution in [0.15, 0.2) is 42.5 Å². The van der Waals surface area contributed by atoms with E-state index in [9.17, 15) is 0 Å². The summed E-state index contributed by atoms with van der Waals surface area (Å²) in [6, 6.07) is 14.6. The summed E-state index contributed by atoms with van der Waals surface area (Å²) in [4.78, 5) is 0. The van der Waals surface area contributed by atoms with Crippen LogP contribution in [0.25, 0.3) is 0 Å². The van der Waals surface area contributed by atoms with Crippen molar-refractivity contribution in [3.05, 3.63) is 58.6 Å². The molecular weight excluding hydrogens is 262 g/mol. The Morgan fingerprint density at radius 3 is 2.74 bits per heavy atom. The first-order valence-corrected chi connectivity index (χ1v) is 6.06. The SMILES string of the molecule is COc1cccc(COc2ccc(C#N)cc2Cl)c1. The zero-order chi connectivity index (χ0) is 13.7. The molecule has 0 fully saturated rings. The molecule has 0 aromatic heterocycles. The lowest BCUT2D eigenvalue weighted by Gasteiger charge is -2.09. The topological polar surface area (TPSA) is 42.2 Å². The Balaban J connectivity index is 2.08. The van der Waals surface area contributed by atoms with E-state index < -0.39 is 0 Å². The van der Waals surface area contributed by atoms with E-state index in [0.717, 1.165) is 11.3 Å². The minimum atomic E-state index is 0.392. The fraction of sp³-hybridized carbons (Fsp3) is 0.133. The van der Waals surface area contributed by atoms with Crippen LogP contribution in [-0.4, -0.2) is 7.11 Å². The van der Waals surface area contributed by atoms with Crippen LogP contribution in [0, 0.1) is 11.3 Å². The quantitative estimate of drug-likeness (QED) is 0.851. The number of hydrogen-bond acceptors (Lipinski definition) is 3. The van der Waals surface area contributed by atoms with Crippen molar-refractivity contribution in [2.75, 3.05) is 7.11 Å². The van der Waals surface area contributed by atoms with Gasteiger partial charge in [0, 0.05) is 0 Å². The smallest absolute Gasteiger partial charge is 0.138 e. The van der Waals surface area contributed by atoms with Crippen LogP contribution in [0.2, 0.25) is 5.02 Å². The minimum absolute atomic E-state index is 0.392. The normalized spacial score (nSPS) is 9.74. The molecule has 0 atom stereocenters. The number of methoxy groups -OCH3 is 1. The first-order chi connectivity index (χ1) is 9.22. The molecule has 3 nitrogen and oxygen atoms in total. The molecule has 96 valence electrons. The Hall–Kier alpha value is -2.18. The molecule has 0 amide bonds. The van der Waals surface area contributed by atoms with Crippen molar-refractivity contribution in [1.29, 1.82) is 5.26 Å². The van der Waals surface area contributed by atoms with Crippen LogP contribution in [0.1, 0.15) is 11.1 Å². The zero-order valence-electron chi connectivity index (χ0n) is 10.4. The summed E-state index contributed by atoms with van der Waals surface area (Å²) in [6.07, 6.45) is 0. The fourth-order valence-corrected chi connectivity index (χ4v) is 1.85. The lowest BCUT2D eigenvalue weighted by atomic mass is 10.2. The van der Waals surface area contributed by atoms with Crippen molar-refractivity contribution in [2.45, 2.75) is 6.61 Å². The highest BCUT2D eigenvalue weighted by molar-refractivity contribution is 6.32. The van der Waals surface area contributed by atoms with Gasteiger partial charge in [0.1, 0.15) is 18.1 Å². The number of nitriles is 1. The number of ether oxygens (including phenoxy) is 2. The molecule has 2 aromatic rings. The predicted octanol–water partition coefficient (Wildman–Crippen LogP) is 3.80. The van der Waals surface area contributed by atoms with Crippen LogP contribution in [0.3, 0.4) is 0 Å². The zero-order valence-corrected chi connectivity index (χ0v) is 11.1. The highest BCUT2D eigenvalue weighted by Crippen LogP contribution is 2.26. The molecule has 0 aliphatic carbocycles. The Kier molecular flexibility index (Phi) is 4.27. The van der Waals surface area contributed by atoms with Gasteiger partial charge in [-0.3, -0.25) is 0 Å². The molecule has 0 spiro atoms. The number of rotatable bonds is 4. The number of nitrogens with zero attached hydrogens (tertiary/aromatic N) is 1. The van der Waals surface area contributed by atoms with Crippen molar-refractivity contribution in [1.82, 2.24) is 0 Å². The van der Waals surface area contributed by atoms with Crippen molar-refractivity contribution >= 4 is 11.6 Å². The Bertz CT molecular complexity index is 620. The van der Waals surface area contributed by atoms with Gasteiger partial charge in [-0.1, -0.05) is 23.7 Å². The average molecular weight is 274 g/mol. The van der Waals surface area contributed by atoms with E-state index in [4.69, 9.17) is 26.3 Å². The van der Waals surface area contributed by atoms with Gasteiger partial charge < -0.3 is 9.47 Å². The highest BCUT2D eigenvalue weighted by atomic mass is 35.5.